The van der Waals surface area contributed by atoms with Crippen LogP contribution in [0.4, 0.5) is 4.79 Å². The van der Waals surface area contributed by atoms with Crippen molar-refractivity contribution in [1.82, 2.24) is 5.32 Å². The first kappa shape index (κ1) is 19.0. The first-order valence-electron chi connectivity index (χ1n) is 6.40. The van der Waals surface area contributed by atoms with Crippen molar-refractivity contribution >= 4 is 24.4 Å². The van der Waals surface area contributed by atoms with Crippen molar-refractivity contribution in [3.8, 4) is 0 Å². The zero-order chi connectivity index (χ0) is 15.9. The number of hydrogen-bond acceptors (Lipinski definition) is 8. The zero-order valence-electron chi connectivity index (χ0n) is 11.5. The molecular formula is C12H19NO8. The number of unbranched alkanes of at least 4 members (excludes halogenated alkanes) is 1. The second-order valence-corrected chi connectivity index (χ2v) is 3.91. The largest absolute Gasteiger partial charge is 0.518 e. The summed E-state index contributed by atoms with van der Waals surface area (Å²) in [5, 5.41) is 11.5. The van der Waals surface area contributed by atoms with Crippen LogP contribution < -0.4 is 5.32 Å². The lowest BCUT2D eigenvalue weighted by Crippen LogP contribution is -2.18. The van der Waals surface area contributed by atoms with Gasteiger partial charge in [-0.05, 0) is 32.4 Å². The standard InChI is InChI=1S/C12H19NO8/c14-8-11(17)21-12(18)20-9-19-7-2-1-5-13-6-3-4-10(15)16/h8,13H,1-7,9H2,(H,15,16). The van der Waals surface area contributed by atoms with Crippen LogP contribution in [0.2, 0.25) is 0 Å². The second kappa shape index (κ2) is 13.0. The van der Waals surface area contributed by atoms with Crippen LogP contribution in [-0.2, 0) is 28.6 Å². The summed E-state index contributed by atoms with van der Waals surface area (Å²) in [6.45, 7) is 1.37. The van der Waals surface area contributed by atoms with Crippen LogP contribution in [-0.4, -0.2) is 56.0 Å². The van der Waals surface area contributed by atoms with E-state index in [0.717, 1.165) is 19.4 Å². The van der Waals surface area contributed by atoms with E-state index in [4.69, 9.17) is 9.84 Å². The van der Waals surface area contributed by atoms with Crippen LogP contribution in [0.1, 0.15) is 25.7 Å². The molecule has 0 unspecified atom stereocenters. The third-order valence-corrected chi connectivity index (χ3v) is 2.18. The topological polar surface area (TPSA) is 128 Å². The van der Waals surface area contributed by atoms with Gasteiger partial charge in [0.1, 0.15) is 0 Å². The summed E-state index contributed by atoms with van der Waals surface area (Å²) in [5.74, 6) is -2.13. The number of nitrogens with one attached hydrogen (secondary N) is 1. The summed E-state index contributed by atoms with van der Waals surface area (Å²) in [5.41, 5.74) is 0. The van der Waals surface area contributed by atoms with Crippen molar-refractivity contribution in [2.45, 2.75) is 25.7 Å². The van der Waals surface area contributed by atoms with Crippen molar-refractivity contribution in [2.24, 2.45) is 0 Å². The molecule has 0 rings (SSSR count). The number of carboxylic acid groups (broad SMARTS) is 1. The molecule has 0 spiro atoms. The molecule has 0 saturated heterocycles. The Morgan fingerprint density at radius 1 is 1.10 bits per heavy atom. The molecule has 0 aliphatic rings. The molecule has 0 amide bonds. The molecule has 9 heteroatoms. The Labute approximate surface area is 121 Å². The monoisotopic (exact) mass is 305 g/mol. The first-order valence-corrected chi connectivity index (χ1v) is 6.40. The van der Waals surface area contributed by atoms with Crippen LogP contribution in [0.25, 0.3) is 0 Å². The SMILES string of the molecule is O=CC(=O)OC(=O)OCOCCCCNCCCC(=O)O. The predicted octanol–water partition coefficient (Wildman–Crippen LogP) is 0.0738. The number of carbonyl (C=O) groups excluding carboxylic acids is 3. The molecule has 0 aromatic rings. The summed E-state index contributed by atoms with van der Waals surface area (Å²) < 4.78 is 13.2. The number of aliphatic carboxylic acids is 1. The predicted molar refractivity (Wildman–Crippen MR) is 68.4 cm³/mol. The highest BCUT2D eigenvalue weighted by Crippen LogP contribution is 1.92. The average Bonchev–Trinajstić information content (AvgIpc) is 2.44. The highest BCUT2D eigenvalue weighted by atomic mass is 16.8. The maximum absolute atomic E-state index is 10.7. The average molecular weight is 305 g/mol. The number of carbonyl (C=O) groups is 4. The number of ether oxygens (including phenoxy) is 3. The third kappa shape index (κ3) is 14.2. The summed E-state index contributed by atoms with van der Waals surface area (Å²) >= 11 is 0. The molecule has 0 bridgehead atoms. The highest BCUT2D eigenvalue weighted by molar-refractivity contribution is 6.22. The lowest BCUT2D eigenvalue weighted by Gasteiger charge is -2.05. The zero-order valence-corrected chi connectivity index (χ0v) is 11.5. The lowest BCUT2D eigenvalue weighted by molar-refractivity contribution is -0.147. The van der Waals surface area contributed by atoms with E-state index in [0.29, 0.717) is 19.6 Å². The van der Waals surface area contributed by atoms with Gasteiger partial charge in [-0.15, -0.1) is 0 Å². The van der Waals surface area contributed by atoms with Gasteiger partial charge in [-0.2, -0.15) is 0 Å². The molecule has 0 heterocycles. The van der Waals surface area contributed by atoms with Gasteiger partial charge in [0, 0.05) is 6.42 Å². The molecule has 0 aliphatic carbocycles. The van der Waals surface area contributed by atoms with E-state index in [2.05, 4.69) is 14.8 Å². The van der Waals surface area contributed by atoms with Crippen LogP contribution in [0.15, 0.2) is 0 Å². The molecule has 0 fully saturated rings. The molecule has 120 valence electrons. The lowest BCUT2D eigenvalue weighted by atomic mass is 10.3. The molecule has 0 radical (unpaired) electrons. The van der Waals surface area contributed by atoms with E-state index < -0.39 is 18.1 Å². The minimum absolute atomic E-state index is 0.147. The Kier molecular flexibility index (Phi) is 11.8. The van der Waals surface area contributed by atoms with Crippen LogP contribution >= 0.6 is 0 Å². The fourth-order valence-corrected chi connectivity index (χ4v) is 1.23. The van der Waals surface area contributed by atoms with Crippen LogP contribution in [0.5, 0.6) is 0 Å². The van der Waals surface area contributed by atoms with Crippen molar-refractivity contribution in [1.29, 1.82) is 0 Å². The molecule has 0 aromatic carbocycles. The number of carboxylic acids is 1. The number of rotatable bonds is 12. The first-order chi connectivity index (χ1) is 10.1. The van der Waals surface area contributed by atoms with Crippen LogP contribution in [0.3, 0.4) is 0 Å². The molecule has 0 saturated carbocycles. The third-order valence-electron chi connectivity index (χ3n) is 2.18. The molecule has 9 nitrogen and oxygen atoms in total. The maximum atomic E-state index is 10.7. The van der Waals surface area contributed by atoms with Gasteiger partial charge in [-0.25, -0.2) is 9.59 Å². The Morgan fingerprint density at radius 2 is 1.81 bits per heavy atom. The van der Waals surface area contributed by atoms with Gasteiger partial charge in [-0.3, -0.25) is 9.59 Å². The normalized spacial score (nSPS) is 9.90. The van der Waals surface area contributed by atoms with E-state index in [-0.39, 0.29) is 19.5 Å². The summed E-state index contributed by atoms with van der Waals surface area (Å²) in [7, 11) is 0. The molecule has 0 atom stereocenters. The van der Waals surface area contributed by atoms with Gasteiger partial charge in [0.2, 0.25) is 6.29 Å². The number of aldehydes is 1. The smallest absolute Gasteiger partial charge is 0.481 e. The molecule has 2 N–H and O–H groups in total. The number of esters is 1. The van der Waals surface area contributed by atoms with Gasteiger partial charge in [0.15, 0.2) is 6.79 Å². The fraction of sp³-hybridized carbons (Fsp3) is 0.667. The fourth-order valence-electron chi connectivity index (χ4n) is 1.23. The van der Waals surface area contributed by atoms with Crippen molar-refractivity contribution in [3.63, 3.8) is 0 Å². The molecular weight excluding hydrogens is 286 g/mol. The quantitative estimate of drug-likeness (QED) is 0.128. The minimum Gasteiger partial charge on any atom is -0.481 e. The Morgan fingerprint density at radius 3 is 2.48 bits per heavy atom. The van der Waals surface area contributed by atoms with E-state index >= 15 is 0 Å². The van der Waals surface area contributed by atoms with Gasteiger partial charge in [-0.1, -0.05) is 0 Å². The minimum atomic E-state index is -1.33. The van der Waals surface area contributed by atoms with E-state index in [1.54, 1.807) is 0 Å². The summed E-state index contributed by atoms with van der Waals surface area (Å²) in [4.78, 5) is 41.2. The Bertz CT molecular complexity index is 344. The summed E-state index contributed by atoms with van der Waals surface area (Å²) in [6, 6.07) is 0. The summed E-state index contributed by atoms with van der Waals surface area (Å²) in [6.07, 6.45) is 0.842. The van der Waals surface area contributed by atoms with Gasteiger partial charge in [0.25, 0.3) is 0 Å². The molecule has 0 aliphatic heterocycles. The highest BCUT2D eigenvalue weighted by Gasteiger charge is 2.09. The Hall–Kier alpha value is -2.00. The van der Waals surface area contributed by atoms with E-state index in [1.807, 2.05) is 0 Å². The second-order valence-electron chi connectivity index (χ2n) is 3.91. The van der Waals surface area contributed by atoms with Crippen molar-refractivity contribution < 1.29 is 38.5 Å². The van der Waals surface area contributed by atoms with E-state index in [1.165, 1.54) is 0 Å². The van der Waals surface area contributed by atoms with Crippen LogP contribution in [0, 0.1) is 0 Å². The molecule has 21 heavy (non-hydrogen) atoms. The van der Waals surface area contributed by atoms with Crippen molar-refractivity contribution in [3.05, 3.63) is 0 Å². The van der Waals surface area contributed by atoms with Gasteiger partial charge in [0.05, 0.1) is 6.61 Å². The number of hydrogen-bond donors (Lipinski definition) is 2. The molecule has 0 aromatic heterocycles. The van der Waals surface area contributed by atoms with Gasteiger partial charge < -0.3 is 24.6 Å². The van der Waals surface area contributed by atoms with Gasteiger partial charge >= 0.3 is 18.1 Å². The van der Waals surface area contributed by atoms with E-state index in [9.17, 15) is 19.2 Å². The Balaban J connectivity index is 3.22. The van der Waals surface area contributed by atoms with Crippen molar-refractivity contribution in [2.75, 3.05) is 26.5 Å². The maximum Gasteiger partial charge on any atom is 0.518 e.